The summed E-state index contributed by atoms with van der Waals surface area (Å²) in [5.74, 6) is -1.37. The minimum Gasteiger partial charge on any atom is -0.386 e. The van der Waals surface area contributed by atoms with Crippen molar-refractivity contribution in [3.05, 3.63) is 35.4 Å². The van der Waals surface area contributed by atoms with Crippen LogP contribution in [-0.4, -0.2) is 28.6 Å². The smallest absolute Gasteiger partial charge is 0.132 e. The predicted octanol–water partition coefficient (Wildman–Crippen LogP) is 3.26. The number of benzene rings is 1. The van der Waals surface area contributed by atoms with Gasteiger partial charge >= 0.3 is 0 Å². The van der Waals surface area contributed by atoms with Crippen molar-refractivity contribution in [2.45, 2.75) is 44.8 Å². The van der Waals surface area contributed by atoms with Gasteiger partial charge in [0.15, 0.2) is 0 Å². The maximum atomic E-state index is 13.8. The highest BCUT2D eigenvalue weighted by Crippen LogP contribution is 2.35. The van der Waals surface area contributed by atoms with Crippen LogP contribution < -0.4 is 0 Å². The van der Waals surface area contributed by atoms with Crippen LogP contribution in [0.5, 0.6) is 0 Å². The summed E-state index contributed by atoms with van der Waals surface area (Å²) in [6.45, 7) is 5.41. The standard InChI is InChI=1S/C15H21F2NO/c1-15(2,18-9-4-3-5-10-18)14(19)13-11(16)7-6-8-12(13)17/h6-8,14,19H,3-5,9-10H2,1-2H3. The Balaban J connectivity index is 2.28. The van der Waals surface area contributed by atoms with E-state index in [1.54, 1.807) is 0 Å². The van der Waals surface area contributed by atoms with E-state index in [2.05, 4.69) is 4.90 Å². The lowest BCUT2D eigenvalue weighted by Gasteiger charge is -2.44. The molecule has 1 heterocycles. The summed E-state index contributed by atoms with van der Waals surface area (Å²) in [7, 11) is 0. The Bertz CT molecular complexity index is 422. The van der Waals surface area contributed by atoms with Gasteiger partial charge < -0.3 is 5.11 Å². The first-order valence-electron chi connectivity index (χ1n) is 6.81. The molecule has 0 spiro atoms. The summed E-state index contributed by atoms with van der Waals surface area (Å²) in [5, 5.41) is 10.4. The summed E-state index contributed by atoms with van der Waals surface area (Å²) in [6, 6.07) is 3.69. The van der Waals surface area contributed by atoms with Crippen molar-refractivity contribution in [2.75, 3.05) is 13.1 Å². The van der Waals surface area contributed by atoms with Crippen molar-refractivity contribution in [3.63, 3.8) is 0 Å². The molecule has 4 heteroatoms. The lowest BCUT2D eigenvalue weighted by molar-refractivity contribution is -0.0242. The van der Waals surface area contributed by atoms with Crippen molar-refractivity contribution >= 4 is 0 Å². The van der Waals surface area contributed by atoms with E-state index in [9.17, 15) is 13.9 Å². The molecule has 1 saturated heterocycles. The van der Waals surface area contributed by atoms with Gasteiger partial charge in [0, 0.05) is 5.54 Å². The molecular weight excluding hydrogens is 248 g/mol. The fraction of sp³-hybridized carbons (Fsp3) is 0.600. The molecule has 0 bridgehead atoms. The van der Waals surface area contributed by atoms with Gasteiger partial charge in [-0.05, 0) is 51.9 Å². The highest BCUT2D eigenvalue weighted by Gasteiger charge is 2.38. The van der Waals surface area contributed by atoms with E-state index in [1.807, 2.05) is 13.8 Å². The SMILES string of the molecule is CC(C)(C(O)c1c(F)cccc1F)N1CCCCC1. The second kappa shape index (κ2) is 5.55. The maximum Gasteiger partial charge on any atom is 0.132 e. The fourth-order valence-electron chi connectivity index (χ4n) is 2.77. The van der Waals surface area contributed by atoms with E-state index in [1.165, 1.54) is 24.6 Å². The average molecular weight is 269 g/mol. The zero-order valence-corrected chi connectivity index (χ0v) is 11.5. The van der Waals surface area contributed by atoms with Crippen molar-refractivity contribution in [3.8, 4) is 0 Å². The Morgan fingerprint density at radius 3 is 2.16 bits per heavy atom. The molecule has 1 aliphatic rings. The molecule has 1 fully saturated rings. The van der Waals surface area contributed by atoms with Crippen LogP contribution in [0.2, 0.25) is 0 Å². The average Bonchev–Trinajstić information content (AvgIpc) is 2.39. The molecule has 106 valence electrons. The van der Waals surface area contributed by atoms with Gasteiger partial charge in [-0.1, -0.05) is 12.5 Å². The van der Waals surface area contributed by atoms with E-state index in [4.69, 9.17) is 0 Å². The van der Waals surface area contributed by atoms with Crippen LogP contribution in [-0.2, 0) is 0 Å². The van der Waals surface area contributed by atoms with Gasteiger partial charge in [0.2, 0.25) is 0 Å². The first kappa shape index (κ1) is 14.4. The Morgan fingerprint density at radius 1 is 1.11 bits per heavy atom. The number of rotatable bonds is 3. The van der Waals surface area contributed by atoms with Crippen LogP contribution in [0.3, 0.4) is 0 Å². The molecule has 0 amide bonds. The van der Waals surface area contributed by atoms with Gasteiger partial charge in [-0.2, -0.15) is 0 Å². The van der Waals surface area contributed by atoms with E-state index in [0.29, 0.717) is 0 Å². The molecule has 2 nitrogen and oxygen atoms in total. The lowest BCUT2D eigenvalue weighted by atomic mass is 9.87. The number of aliphatic hydroxyl groups excluding tert-OH is 1. The van der Waals surface area contributed by atoms with Gasteiger partial charge in [0.1, 0.15) is 17.7 Å². The van der Waals surface area contributed by atoms with E-state index < -0.39 is 23.3 Å². The summed E-state index contributed by atoms with van der Waals surface area (Å²) in [6.07, 6.45) is 2.13. The Morgan fingerprint density at radius 2 is 1.63 bits per heavy atom. The minimum atomic E-state index is -1.17. The first-order chi connectivity index (χ1) is 8.94. The first-order valence-corrected chi connectivity index (χ1v) is 6.81. The summed E-state index contributed by atoms with van der Waals surface area (Å²) < 4.78 is 27.6. The molecule has 1 aromatic carbocycles. The summed E-state index contributed by atoms with van der Waals surface area (Å²) in [4.78, 5) is 2.12. The maximum absolute atomic E-state index is 13.8. The van der Waals surface area contributed by atoms with Gasteiger partial charge in [0.05, 0.1) is 5.56 Å². The van der Waals surface area contributed by atoms with Crippen molar-refractivity contribution < 1.29 is 13.9 Å². The van der Waals surface area contributed by atoms with Crippen LogP contribution in [0.15, 0.2) is 18.2 Å². The number of hydrogen-bond donors (Lipinski definition) is 1. The summed E-state index contributed by atoms with van der Waals surface area (Å²) >= 11 is 0. The Hall–Kier alpha value is -1.00. The third-order valence-electron chi connectivity index (χ3n) is 4.11. The van der Waals surface area contributed by atoms with Crippen molar-refractivity contribution in [1.82, 2.24) is 4.90 Å². The second-order valence-electron chi connectivity index (χ2n) is 5.74. The molecule has 1 aromatic rings. The fourth-order valence-corrected chi connectivity index (χ4v) is 2.77. The lowest BCUT2D eigenvalue weighted by Crippen LogP contribution is -2.50. The largest absolute Gasteiger partial charge is 0.386 e. The third kappa shape index (κ3) is 2.79. The van der Waals surface area contributed by atoms with Crippen LogP contribution >= 0.6 is 0 Å². The van der Waals surface area contributed by atoms with Gasteiger partial charge in [-0.25, -0.2) is 8.78 Å². The Labute approximate surface area is 113 Å². The number of aliphatic hydroxyl groups is 1. The molecule has 19 heavy (non-hydrogen) atoms. The number of hydrogen-bond acceptors (Lipinski definition) is 2. The molecular formula is C15H21F2NO. The van der Waals surface area contributed by atoms with Crippen LogP contribution in [0.25, 0.3) is 0 Å². The number of likely N-dealkylation sites (tertiary alicyclic amines) is 1. The summed E-state index contributed by atoms with van der Waals surface area (Å²) in [5.41, 5.74) is -0.901. The van der Waals surface area contributed by atoms with E-state index >= 15 is 0 Å². The quantitative estimate of drug-likeness (QED) is 0.910. The van der Waals surface area contributed by atoms with E-state index in [-0.39, 0.29) is 5.56 Å². The van der Waals surface area contributed by atoms with Gasteiger partial charge in [-0.3, -0.25) is 4.90 Å². The molecule has 1 N–H and O–H groups in total. The minimum absolute atomic E-state index is 0.224. The molecule has 0 radical (unpaired) electrons. The van der Waals surface area contributed by atoms with Crippen LogP contribution in [0.1, 0.15) is 44.8 Å². The Kier molecular flexibility index (Phi) is 4.21. The number of halogens is 2. The van der Waals surface area contributed by atoms with Crippen LogP contribution in [0.4, 0.5) is 8.78 Å². The van der Waals surface area contributed by atoms with Crippen molar-refractivity contribution in [2.24, 2.45) is 0 Å². The highest BCUT2D eigenvalue weighted by molar-refractivity contribution is 5.24. The second-order valence-corrected chi connectivity index (χ2v) is 5.74. The molecule has 1 atom stereocenters. The molecule has 1 aliphatic heterocycles. The van der Waals surface area contributed by atoms with E-state index in [0.717, 1.165) is 25.9 Å². The number of nitrogens with zero attached hydrogens (tertiary/aromatic N) is 1. The molecule has 0 saturated carbocycles. The van der Waals surface area contributed by atoms with Crippen molar-refractivity contribution in [1.29, 1.82) is 0 Å². The molecule has 2 rings (SSSR count). The third-order valence-corrected chi connectivity index (χ3v) is 4.11. The van der Waals surface area contributed by atoms with Gasteiger partial charge in [-0.15, -0.1) is 0 Å². The predicted molar refractivity (Wildman–Crippen MR) is 70.8 cm³/mol. The monoisotopic (exact) mass is 269 g/mol. The highest BCUT2D eigenvalue weighted by atomic mass is 19.1. The molecule has 0 aliphatic carbocycles. The van der Waals surface area contributed by atoms with Gasteiger partial charge in [0.25, 0.3) is 0 Å². The zero-order chi connectivity index (χ0) is 14.0. The molecule has 1 unspecified atom stereocenters. The number of piperidine rings is 1. The molecule has 0 aromatic heterocycles. The topological polar surface area (TPSA) is 23.5 Å². The zero-order valence-electron chi connectivity index (χ0n) is 11.5. The van der Waals surface area contributed by atoms with Crippen LogP contribution in [0, 0.1) is 11.6 Å². The normalized spacial score (nSPS) is 19.4.